The highest BCUT2D eigenvalue weighted by molar-refractivity contribution is 6.08. The molecule has 0 radical (unpaired) electrons. The maximum absolute atomic E-state index is 5.21. The molecule has 3 heteroatoms. The van der Waals surface area contributed by atoms with Gasteiger partial charge in [0, 0.05) is 16.7 Å². The number of rotatable bonds is 6. The van der Waals surface area contributed by atoms with Gasteiger partial charge in [0.25, 0.3) is 0 Å². The lowest BCUT2D eigenvalue weighted by Gasteiger charge is -2.12. The van der Waals surface area contributed by atoms with Gasteiger partial charge in [-0.05, 0) is 107 Å². The van der Waals surface area contributed by atoms with Crippen molar-refractivity contribution in [2.45, 2.75) is 0 Å². The van der Waals surface area contributed by atoms with Crippen LogP contribution in [0.1, 0.15) is 0 Å². The summed E-state index contributed by atoms with van der Waals surface area (Å²) < 4.78 is 0. The fraction of sp³-hybridized carbons (Fsp3) is 0. The van der Waals surface area contributed by atoms with E-state index in [0.717, 1.165) is 38.8 Å². The zero-order valence-electron chi connectivity index (χ0n) is 31.5. The lowest BCUT2D eigenvalue weighted by Crippen LogP contribution is -2.00. The van der Waals surface area contributed by atoms with Gasteiger partial charge in [0.2, 0.25) is 0 Å². The molecule has 0 bridgehead atoms. The molecule has 0 atom stereocenters. The van der Waals surface area contributed by atoms with E-state index >= 15 is 0 Å². The van der Waals surface area contributed by atoms with Crippen LogP contribution in [0.5, 0.6) is 0 Å². The van der Waals surface area contributed by atoms with E-state index in [1.54, 1.807) is 0 Å². The lowest BCUT2D eigenvalue weighted by atomic mass is 9.96. The Morgan fingerprint density at radius 1 is 0.207 bits per heavy atom. The molecule has 0 fully saturated rings. The molecule has 270 valence electrons. The first kappa shape index (κ1) is 33.6. The minimum atomic E-state index is 0.628. The Hall–Kier alpha value is -7.75. The van der Waals surface area contributed by atoms with Crippen molar-refractivity contribution in [3.8, 4) is 67.5 Å². The SMILES string of the molecule is c1ccc(-c2ccc3cc(-c4nc(-c5cccc(-c6ccc7ccc8ccccc8c7c6)c5)nc(-c5cccc(-c6cccc7ccccc67)c5)n4)ccc3c2)cc1. The van der Waals surface area contributed by atoms with Crippen LogP contribution in [0.3, 0.4) is 0 Å². The molecular weight excluding hydrogens is 703 g/mol. The molecule has 0 saturated heterocycles. The summed E-state index contributed by atoms with van der Waals surface area (Å²) in [5.74, 6) is 1.89. The van der Waals surface area contributed by atoms with E-state index in [4.69, 9.17) is 15.0 Å². The zero-order valence-corrected chi connectivity index (χ0v) is 31.5. The zero-order chi connectivity index (χ0) is 38.4. The first-order valence-electron chi connectivity index (χ1n) is 19.7. The van der Waals surface area contributed by atoms with Crippen LogP contribution in [0.15, 0.2) is 212 Å². The Labute approximate surface area is 336 Å². The van der Waals surface area contributed by atoms with E-state index in [2.05, 4.69) is 212 Å². The summed E-state index contributed by atoms with van der Waals surface area (Å²) in [5, 5.41) is 9.67. The average molecular weight is 738 g/mol. The van der Waals surface area contributed by atoms with Crippen molar-refractivity contribution in [1.82, 2.24) is 15.0 Å². The fourth-order valence-electron chi connectivity index (χ4n) is 8.28. The molecule has 0 spiro atoms. The molecule has 11 rings (SSSR count). The van der Waals surface area contributed by atoms with Crippen LogP contribution in [0.25, 0.3) is 111 Å². The number of benzene rings is 10. The molecular formula is C55H35N3. The quantitative estimate of drug-likeness (QED) is 0.160. The maximum Gasteiger partial charge on any atom is 0.164 e. The highest BCUT2D eigenvalue weighted by atomic mass is 15.0. The summed E-state index contributed by atoms with van der Waals surface area (Å²) in [6.07, 6.45) is 0. The molecule has 0 saturated carbocycles. The highest BCUT2D eigenvalue weighted by Crippen LogP contribution is 2.35. The molecule has 11 aromatic rings. The van der Waals surface area contributed by atoms with E-state index in [-0.39, 0.29) is 0 Å². The molecule has 0 N–H and O–H groups in total. The van der Waals surface area contributed by atoms with Crippen molar-refractivity contribution in [2.24, 2.45) is 0 Å². The molecule has 1 aromatic heterocycles. The third-order valence-corrected chi connectivity index (χ3v) is 11.3. The summed E-state index contributed by atoms with van der Waals surface area (Å²) in [7, 11) is 0. The summed E-state index contributed by atoms with van der Waals surface area (Å²) in [6.45, 7) is 0. The third kappa shape index (κ3) is 6.16. The molecule has 58 heavy (non-hydrogen) atoms. The second kappa shape index (κ2) is 14.1. The molecule has 10 aromatic carbocycles. The predicted molar refractivity (Wildman–Crippen MR) is 242 cm³/mol. The van der Waals surface area contributed by atoms with Crippen molar-refractivity contribution >= 4 is 43.1 Å². The van der Waals surface area contributed by atoms with Gasteiger partial charge in [0.1, 0.15) is 0 Å². The van der Waals surface area contributed by atoms with Gasteiger partial charge < -0.3 is 0 Å². The van der Waals surface area contributed by atoms with E-state index in [1.807, 2.05) is 0 Å². The Balaban J connectivity index is 1.05. The van der Waals surface area contributed by atoms with Gasteiger partial charge in [-0.1, -0.05) is 182 Å². The highest BCUT2D eigenvalue weighted by Gasteiger charge is 2.15. The number of nitrogens with zero attached hydrogens (tertiary/aromatic N) is 3. The summed E-state index contributed by atoms with van der Waals surface area (Å²) in [6, 6.07) is 75.5. The van der Waals surface area contributed by atoms with Crippen molar-refractivity contribution in [3.63, 3.8) is 0 Å². The normalized spacial score (nSPS) is 11.4. The Kier molecular flexibility index (Phi) is 8.15. The second-order valence-electron chi connectivity index (χ2n) is 14.9. The summed E-state index contributed by atoms with van der Waals surface area (Å²) >= 11 is 0. The van der Waals surface area contributed by atoms with Gasteiger partial charge >= 0.3 is 0 Å². The minimum absolute atomic E-state index is 0.628. The van der Waals surface area contributed by atoms with Gasteiger partial charge in [-0.25, -0.2) is 15.0 Å². The van der Waals surface area contributed by atoms with Gasteiger partial charge in [-0.15, -0.1) is 0 Å². The van der Waals surface area contributed by atoms with E-state index in [0.29, 0.717) is 17.5 Å². The van der Waals surface area contributed by atoms with Crippen LogP contribution in [0, 0.1) is 0 Å². The maximum atomic E-state index is 5.21. The van der Waals surface area contributed by atoms with Crippen LogP contribution < -0.4 is 0 Å². The Morgan fingerprint density at radius 3 is 1.34 bits per heavy atom. The Bertz CT molecular complexity index is 3340. The van der Waals surface area contributed by atoms with E-state index in [9.17, 15) is 0 Å². The monoisotopic (exact) mass is 737 g/mol. The van der Waals surface area contributed by atoms with Gasteiger partial charge in [-0.3, -0.25) is 0 Å². The van der Waals surface area contributed by atoms with Crippen molar-refractivity contribution < 1.29 is 0 Å². The van der Waals surface area contributed by atoms with Crippen molar-refractivity contribution in [2.75, 3.05) is 0 Å². The van der Waals surface area contributed by atoms with Gasteiger partial charge in [0.15, 0.2) is 17.5 Å². The lowest BCUT2D eigenvalue weighted by molar-refractivity contribution is 1.07. The topological polar surface area (TPSA) is 38.7 Å². The smallest absolute Gasteiger partial charge is 0.164 e. The van der Waals surface area contributed by atoms with Crippen LogP contribution in [-0.2, 0) is 0 Å². The van der Waals surface area contributed by atoms with Crippen LogP contribution in [-0.4, -0.2) is 15.0 Å². The number of fused-ring (bicyclic) bond motifs is 5. The standard InChI is InChI=1S/C55H35N3/c1-2-11-36(12-3-1)41-27-28-43-33-48(30-29-42(43)31-41)55-57-53(56-54(58-55)47-19-9-17-45(34-47)51-22-10-15-37-13-4-6-20-49(37)51)46-18-8-16-40(32-46)44-26-25-39-24-23-38-14-5-7-21-50(38)52(39)35-44/h1-35H. The minimum Gasteiger partial charge on any atom is -0.208 e. The summed E-state index contributed by atoms with van der Waals surface area (Å²) in [5.41, 5.74) is 9.73. The molecule has 0 aliphatic heterocycles. The van der Waals surface area contributed by atoms with E-state index < -0.39 is 0 Å². The number of aromatic nitrogens is 3. The van der Waals surface area contributed by atoms with Crippen molar-refractivity contribution in [3.05, 3.63) is 212 Å². The fourth-order valence-corrected chi connectivity index (χ4v) is 8.28. The number of hydrogen-bond donors (Lipinski definition) is 0. The first-order chi connectivity index (χ1) is 28.7. The molecule has 0 unspecified atom stereocenters. The van der Waals surface area contributed by atoms with Crippen LogP contribution in [0.2, 0.25) is 0 Å². The average Bonchev–Trinajstić information content (AvgIpc) is 3.31. The molecule has 3 nitrogen and oxygen atoms in total. The Morgan fingerprint density at radius 2 is 0.621 bits per heavy atom. The molecule has 0 aliphatic rings. The van der Waals surface area contributed by atoms with Crippen molar-refractivity contribution in [1.29, 1.82) is 0 Å². The second-order valence-corrected chi connectivity index (χ2v) is 14.9. The molecule has 0 amide bonds. The first-order valence-corrected chi connectivity index (χ1v) is 19.7. The number of hydrogen-bond acceptors (Lipinski definition) is 3. The van der Waals surface area contributed by atoms with Gasteiger partial charge in [0.05, 0.1) is 0 Å². The molecule has 0 aliphatic carbocycles. The molecule has 1 heterocycles. The van der Waals surface area contributed by atoms with Crippen LogP contribution >= 0.6 is 0 Å². The van der Waals surface area contributed by atoms with E-state index in [1.165, 1.54) is 54.4 Å². The summed E-state index contributed by atoms with van der Waals surface area (Å²) in [4.78, 5) is 15.6. The van der Waals surface area contributed by atoms with Gasteiger partial charge in [-0.2, -0.15) is 0 Å². The largest absolute Gasteiger partial charge is 0.208 e. The third-order valence-electron chi connectivity index (χ3n) is 11.3. The van der Waals surface area contributed by atoms with Crippen LogP contribution in [0.4, 0.5) is 0 Å². The predicted octanol–water partition coefficient (Wildman–Crippen LogP) is 14.5.